The predicted molar refractivity (Wildman–Crippen MR) is 89.8 cm³/mol. The molecular formula is C19H31NO. The monoisotopic (exact) mass is 289 g/mol. The van der Waals surface area contributed by atoms with Crippen LogP contribution in [0.2, 0.25) is 0 Å². The lowest BCUT2D eigenvalue weighted by Gasteiger charge is -2.34. The molecule has 118 valence electrons. The molecule has 21 heavy (non-hydrogen) atoms. The van der Waals surface area contributed by atoms with Crippen LogP contribution in [0, 0.1) is 11.3 Å². The second-order valence-electron chi connectivity index (χ2n) is 7.80. The highest BCUT2D eigenvalue weighted by Crippen LogP contribution is 2.48. The molecule has 1 aliphatic carbocycles. The van der Waals surface area contributed by atoms with Crippen molar-refractivity contribution in [2.45, 2.75) is 58.9 Å². The molecule has 0 bridgehead atoms. The first-order valence-electron chi connectivity index (χ1n) is 8.32. The summed E-state index contributed by atoms with van der Waals surface area (Å²) in [5.74, 6) is 1.89. The highest BCUT2D eigenvalue weighted by molar-refractivity contribution is 5.20. The van der Waals surface area contributed by atoms with Crippen molar-refractivity contribution >= 4 is 0 Å². The van der Waals surface area contributed by atoms with Crippen molar-refractivity contribution in [3.05, 3.63) is 30.3 Å². The average molecular weight is 289 g/mol. The van der Waals surface area contributed by atoms with Crippen LogP contribution in [-0.2, 0) is 0 Å². The van der Waals surface area contributed by atoms with Crippen molar-refractivity contribution in [3.63, 3.8) is 0 Å². The molecule has 2 nitrogen and oxygen atoms in total. The number of hydrogen-bond acceptors (Lipinski definition) is 2. The van der Waals surface area contributed by atoms with Crippen LogP contribution in [0.25, 0.3) is 0 Å². The fourth-order valence-corrected chi connectivity index (χ4v) is 2.87. The highest BCUT2D eigenvalue weighted by Gasteiger charge is 2.41. The molecule has 1 aromatic carbocycles. The molecule has 2 heteroatoms. The Balaban J connectivity index is 1.75. The molecule has 1 aromatic rings. The lowest BCUT2D eigenvalue weighted by Crippen LogP contribution is -2.43. The largest absolute Gasteiger partial charge is 0.494 e. The van der Waals surface area contributed by atoms with Gasteiger partial charge in [0.05, 0.1) is 6.61 Å². The van der Waals surface area contributed by atoms with Crippen molar-refractivity contribution in [3.8, 4) is 5.75 Å². The summed E-state index contributed by atoms with van der Waals surface area (Å²) in [5, 5.41) is 3.70. The summed E-state index contributed by atoms with van der Waals surface area (Å²) in [7, 11) is 0. The Morgan fingerprint density at radius 2 is 1.76 bits per heavy atom. The first-order valence-corrected chi connectivity index (χ1v) is 8.32. The van der Waals surface area contributed by atoms with Gasteiger partial charge in [0.1, 0.15) is 5.75 Å². The van der Waals surface area contributed by atoms with E-state index in [1.54, 1.807) is 0 Å². The molecule has 0 aliphatic heterocycles. The minimum Gasteiger partial charge on any atom is -0.494 e. The van der Waals surface area contributed by atoms with Crippen LogP contribution in [0.5, 0.6) is 5.75 Å². The fraction of sp³-hybridized carbons (Fsp3) is 0.684. The molecule has 0 heterocycles. The SMILES string of the molecule is CC(C)(C)NCC(C)(CCCOc1ccccc1)C1CC1. The summed E-state index contributed by atoms with van der Waals surface area (Å²) in [5.41, 5.74) is 0.629. The molecule has 1 N–H and O–H groups in total. The summed E-state index contributed by atoms with van der Waals surface area (Å²) in [6, 6.07) is 10.1. The van der Waals surface area contributed by atoms with Crippen LogP contribution in [0.3, 0.4) is 0 Å². The van der Waals surface area contributed by atoms with Crippen molar-refractivity contribution < 1.29 is 4.74 Å². The zero-order valence-electron chi connectivity index (χ0n) is 14.1. The smallest absolute Gasteiger partial charge is 0.119 e. The van der Waals surface area contributed by atoms with E-state index >= 15 is 0 Å². The van der Waals surface area contributed by atoms with Crippen molar-refractivity contribution in [2.24, 2.45) is 11.3 Å². The minimum absolute atomic E-state index is 0.205. The van der Waals surface area contributed by atoms with Crippen LogP contribution in [0.15, 0.2) is 30.3 Å². The van der Waals surface area contributed by atoms with Gasteiger partial charge < -0.3 is 10.1 Å². The van der Waals surface area contributed by atoms with Crippen molar-refractivity contribution in [2.75, 3.05) is 13.2 Å². The van der Waals surface area contributed by atoms with E-state index in [2.05, 4.69) is 33.0 Å². The maximum atomic E-state index is 5.83. The van der Waals surface area contributed by atoms with Crippen LogP contribution >= 0.6 is 0 Å². The van der Waals surface area contributed by atoms with E-state index in [1.807, 2.05) is 30.3 Å². The zero-order valence-corrected chi connectivity index (χ0v) is 14.1. The summed E-state index contributed by atoms with van der Waals surface area (Å²) >= 11 is 0. The molecular weight excluding hydrogens is 258 g/mol. The molecule has 1 atom stereocenters. The number of para-hydroxylation sites is 1. The molecule has 2 rings (SSSR count). The average Bonchev–Trinajstić information content (AvgIpc) is 3.27. The fourth-order valence-electron chi connectivity index (χ4n) is 2.87. The molecule has 0 amide bonds. The number of nitrogens with one attached hydrogen (secondary N) is 1. The Hall–Kier alpha value is -1.02. The summed E-state index contributed by atoms with van der Waals surface area (Å²) in [6.45, 7) is 11.1. The normalized spacial score (nSPS) is 18.3. The standard InChI is InChI=1S/C19H31NO/c1-18(2,3)20-15-19(4,16-11-12-16)13-8-14-21-17-9-6-5-7-10-17/h5-7,9-10,16,20H,8,11-15H2,1-4H3. The van der Waals surface area contributed by atoms with E-state index in [-0.39, 0.29) is 5.54 Å². The third kappa shape index (κ3) is 5.70. The van der Waals surface area contributed by atoms with Gasteiger partial charge in [-0.05, 0) is 69.9 Å². The van der Waals surface area contributed by atoms with Crippen LogP contribution in [-0.4, -0.2) is 18.7 Å². The summed E-state index contributed by atoms with van der Waals surface area (Å²) in [6.07, 6.45) is 5.19. The Morgan fingerprint density at radius 3 is 2.33 bits per heavy atom. The molecule has 1 aliphatic rings. The maximum Gasteiger partial charge on any atom is 0.119 e. The van der Waals surface area contributed by atoms with Gasteiger partial charge in [-0.1, -0.05) is 25.1 Å². The van der Waals surface area contributed by atoms with Crippen LogP contribution in [0.1, 0.15) is 53.4 Å². The zero-order chi connectivity index (χ0) is 15.3. The Bertz CT molecular complexity index is 419. The van der Waals surface area contributed by atoms with E-state index in [1.165, 1.54) is 19.3 Å². The van der Waals surface area contributed by atoms with Crippen LogP contribution < -0.4 is 10.1 Å². The number of benzene rings is 1. The quantitative estimate of drug-likeness (QED) is 0.703. The number of ether oxygens (including phenoxy) is 1. The van der Waals surface area contributed by atoms with Gasteiger partial charge in [0.2, 0.25) is 0 Å². The third-order valence-electron chi connectivity index (χ3n) is 4.49. The van der Waals surface area contributed by atoms with Gasteiger partial charge in [0.15, 0.2) is 0 Å². The maximum absolute atomic E-state index is 5.83. The predicted octanol–water partition coefficient (Wildman–Crippen LogP) is 4.65. The lowest BCUT2D eigenvalue weighted by molar-refractivity contribution is 0.189. The van der Waals surface area contributed by atoms with E-state index in [4.69, 9.17) is 4.74 Å². The van der Waals surface area contributed by atoms with E-state index in [9.17, 15) is 0 Å². The van der Waals surface area contributed by atoms with Gasteiger partial charge in [0.25, 0.3) is 0 Å². The molecule has 0 saturated heterocycles. The molecule has 1 fully saturated rings. The van der Waals surface area contributed by atoms with Gasteiger partial charge in [-0.15, -0.1) is 0 Å². The Kier molecular flexibility index (Phi) is 5.32. The topological polar surface area (TPSA) is 21.3 Å². The minimum atomic E-state index is 0.205. The molecule has 1 unspecified atom stereocenters. The molecule has 1 saturated carbocycles. The van der Waals surface area contributed by atoms with Gasteiger partial charge in [-0.3, -0.25) is 0 Å². The second kappa shape index (κ2) is 6.83. The van der Waals surface area contributed by atoms with E-state index < -0.39 is 0 Å². The second-order valence-corrected chi connectivity index (χ2v) is 7.80. The number of rotatable bonds is 8. The highest BCUT2D eigenvalue weighted by atomic mass is 16.5. The first kappa shape index (κ1) is 16.4. The molecule has 0 aromatic heterocycles. The van der Waals surface area contributed by atoms with Gasteiger partial charge >= 0.3 is 0 Å². The first-order chi connectivity index (χ1) is 9.89. The van der Waals surface area contributed by atoms with Crippen LogP contribution in [0.4, 0.5) is 0 Å². The van der Waals surface area contributed by atoms with E-state index in [0.29, 0.717) is 5.41 Å². The summed E-state index contributed by atoms with van der Waals surface area (Å²) in [4.78, 5) is 0. The van der Waals surface area contributed by atoms with Gasteiger partial charge in [-0.2, -0.15) is 0 Å². The molecule has 0 spiro atoms. The van der Waals surface area contributed by atoms with Gasteiger partial charge in [-0.25, -0.2) is 0 Å². The van der Waals surface area contributed by atoms with Gasteiger partial charge in [0, 0.05) is 12.1 Å². The lowest BCUT2D eigenvalue weighted by atomic mass is 9.80. The Morgan fingerprint density at radius 1 is 1.10 bits per heavy atom. The Labute approximate surface area is 130 Å². The van der Waals surface area contributed by atoms with E-state index in [0.717, 1.165) is 31.2 Å². The van der Waals surface area contributed by atoms with Crippen molar-refractivity contribution in [1.29, 1.82) is 0 Å². The third-order valence-corrected chi connectivity index (χ3v) is 4.49. The van der Waals surface area contributed by atoms with Crippen molar-refractivity contribution in [1.82, 2.24) is 5.32 Å². The summed E-state index contributed by atoms with van der Waals surface area (Å²) < 4.78 is 5.83. The number of hydrogen-bond donors (Lipinski definition) is 1. The molecule has 0 radical (unpaired) electrons.